The van der Waals surface area contributed by atoms with Gasteiger partial charge in [0.2, 0.25) is 0 Å². The van der Waals surface area contributed by atoms with Gasteiger partial charge in [0.15, 0.2) is 0 Å². The molecule has 3 aromatic rings. The second-order valence-corrected chi connectivity index (χ2v) is 7.37. The summed E-state index contributed by atoms with van der Waals surface area (Å²) in [5.74, 6) is 1.85. The maximum absolute atomic E-state index is 6.06. The van der Waals surface area contributed by atoms with Crippen LogP contribution in [0, 0.1) is 6.92 Å². The maximum atomic E-state index is 6.06. The van der Waals surface area contributed by atoms with Crippen LogP contribution in [0.5, 0.6) is 0 Å². The molecule has 0 fully saturated rings. The van der Waals surface area contributed by atoms with Gasteiger partial charge in [-0.15, -0.1) is 24.8 Å². The summed E-state index contributed by atoms with van der Waals surface area (Å²) in [4.78, 5) is 18.0. The number of benzene rings is 2. The zero-order chi connectivity index (χ0) is 22.2. The Bertz CT molecular complexity index is 1000. The second-order valence-electron chi connectivity index (χ2n) is 7.37. The van der Waals surface area contributed by atoms with Gasteiger partial charge in [0.05, 0.1) is 11.4 Å². The van der Waals surface area contributed by atoms with E-state index in [0.29, 0.717) is 17.5 Å². The third-order valence-corrected chi connectivity index (χ3v) is 4.80. The van der Waals surface area contributed by atoms with Gasteiger partial charge in [0.1, 0.15) is 17.5 Å². The lowest BCUT2D eigenvalue weighted by Crippen LogP contribution is -2.13. The number of aromatic nitrogens is 2. The molecule has 1 aromatic heterocycles. The lowest BCUT2D eigenvalue weighted by molar-refractivity contribution is 0.824. The molecule has 0 bridgehead atoms. The molecule has 0 unspecified atom stereocenters. The average molecular weight is 505 g/mol. The molecule has 184 valence electrons. The Morgan fingerprint density at radius 1 is 0.706 bits per heavy atom. The van der Waals surface area contributed by atoms with E-state index in [1.807, 2.05) is 61.5 Å². The minimum absolute atomic E-state index is 0. The largest absolute Gasteiger partial charge is 0.412 e. The number of aryl methyl sites for hydroxylation is 1. The SMILES string of the molecule is CCCN=C(N)c1ccc(-c2cc(-c3ccc(C(N)=NCCC)cc3)nc(C)n2)cc1.Cl.Cl.O. The first kappa shape index (κ1) is 31.0. The van der Waals surface area contributed by atoms with Crippen LogP contribution in [0.2, 0.25) is 0 Å². The van der Waals surface area contributed by atoms with E-state index in [1.165, 1.54) is 0 Å². The Kier molecular flexibility index (Phi) is 13.7. The van der Waals surface area contributed by atoms with E-state index in [1.54, 1.807) is 0 Å². The van der Waals surface area contributed by atoms with Gasteiger partial charge in [-0.25, -0.2) is 9.97 Å². The Morgan fingerprint density at radius 2 is 1.06 bits per heavy atom. The molecular weight excluding hydrogens is 471 g/mol. The fraction of sp³-hybridized carbons (Fsp3) is 0.280. The molecule has 0 amide bonds. The number of hydrogen-bond acceptors (Lipinski definition) is 4. The van der Waals surface area contributed by atoms with Gasteiger partial charge in [0, 0.05) is 35.3 Å². The highest BCUT2D eigenvalue weighted by Gasteiger charge is 2.08. The first-order chi connectivity index (χ1) is 15.0. The van der Waals surface area contributed by atoms with Gasteiger partial charge in [-0.2, -0.15) is 0 Å². The first-order valence-corrected chi connectivity index (χ1v) is 10.7. The molecule has 0 saturated heterocycles. The molecule has 7 nitrogen and oxygen atoms in total. The van der Waals surface area contributed by atoms with E-state index in [-0.39, 0.29) is 30.3 Å². The molecular formula is C25H34Cl2N6O. The molecule has 0 aliphatic heterocycles. The van der Waals surface area contributed by atoms with Crippen molar-refractivity contribution in [3.63, 3.8) is 0 Å². The molecule has 3 rings (SSSR count). The van der Waals surface area contributed by atoms with Gasteiger partial charge in [0.25, 0.3) is 0 Å². The van der Waals surface area contributed by atoms with Crippen molar-refractivity contribution in [2.24, 2.45) is 21.5 Å². The summed E-state index contributed by atoms with van der Waals surface area (Å²) in [5.41, 5.74) is 17.7. The monoisotopic (exact) mass is 504 g/mol. The lowest BCUT2D eigenvalue weighted by atomic mass is 10.0. The standard InChI is InChI=1S/C25H30N6.2ClH.H2O/c1-4-14-28-24(26)20-10-6-18(7-11-20)22-16-23(31-17(3)30-22)19-8-12-21(13-9-19)25(27)29-15-5-2;;;/h6-13,16H,4-5,14-15H2,1-3H3,(H2,26,28)(H2,27,29);2*1H;1H2. The van der Waals surface area contributed by atoms with E-state index in [2.05, 4.69) is 33.8 Å². The lowest BCUT2D eigenvalue weighted by Gasteiger charge is -2.09. The van der Waals surface area contributed by atoms with Crippen LogP contribution < -0.4 is 11.5 Å². The molecule has 0 spiro atoms. The van der Waals surface area contributed by atoms with E-state index in [4.69, 9.17) is 11.5 Å². The van der Waals surface area contributed by atoms with Crippen molar-refractivity contribution >= 4 is 36.5 Å². The topological polar surface area (TPSA) is 134 Å². The molecule has 6 N–H and O–H groups in total. The number of rotatable bonds is 8. The molecule has 2 aromatic carbocycles. The van der Waals surface area contributed by atoms with E-state index < -0.39 is 0 Å². The van der Waals surface area contributed by atoms with Crippen LogP contribution in [0.3, 0.4) is 0 Å². The van der Waals surface area contributed by atoms with Crippen LogP contribution >= 0.6 is 24.8 Å². The van der Waals surface area contributed by atoms with Crippen molar-refractivity contribution < 1.29 is 5.48 Å². The first-order valence-electron chi connectivity index (χ1n) is 10.7. The Hall–Kier alpha value is -3.00. The number of nitrogens with two attached hydrogens (primary N) is 2. The highest BCUT2D eigenvalue weighted by atomic mass is 35.5. The van der Waals surface area contributed by atoms with Gasteiger partial charge < -0.3 is 16.9 Å². The fourth-order valence-corrected chi connectivity index (χ4v) is 3.13. The molecule has 0 saturated carbocycles. The number of hydrogen-bond donors (Lipinski definition) is 2. The van der Waals surface area contributed by atoms with Crippen molar-refractivity contribution in [2.75, 3.05) is 13.1 Å². The van der Waals surface area contributed by atoms with Crippen LogP contribution in [0.4, 0.5) is 0 Å². The molecule has 0 atom stereocenters. The highest BCUT2D eigenvalue weighted by Crippen LogP contribution is 2.24. The quantitative estimate of drug-likeness (QED) is 0.347. The number of nitrogens with zero attached hydrogens (tertiary/aromatic N) is 4. The van der Waals surface area contributed by atoms with Crippen molar-refractivity contribution in [2.45, 2.75) is 33.6 Å². The third-order valence-electron chi connectivity index (χ3n) is 4.80. The summed E-state index contributed by atoms with van der Waals surface area (Å²) in [7, 11) is 0. The minimum atomic E-state index is 0. The number of halogens is 2. The fourth-order valence-electron chi connectivity index (χ4n) is 3.13. The molecule has 9 heteroatoms. The molecule has 34 heavy (non-hydrogen) atoms. The smallest absolute Gasteiger partial charge is 0.126 e. The van der Waals surface area contributed by atoms with Gasteiger partial charge in [-0.3, -0.25) is 9.98 Å². The van der Waals surface area contributed by atoms with E-state index >= 15 is 0 Å². The van der Waals surface area contributed by atoms with Crippen LogP contribution in [0.15, 0.2) is 64.6 Å². The minimum Gasteiger partial charge on any atom is -0.412 e. The van der Waals surface area contributed by atoms with Crippen LogP contribution in [-0.4, -0.2) is 40.2 Å². The van der Waals surface area contributed by atoms with Crippen molar-refractivity contribution in [3.8, 4) is 22.5 Å². The van der Waals surface area contributed by atoms with E-state index in [0.717, 1.165) is 59.6 Å². The van der Waals surface area contributed by atoms with Crippen LogP contribution in [-0.2, 0) is 0 Å². The van der Waals surface area contributed by atoms with Gasteiger partial charge in [-0.05, 0) is 25.8 Å². The predicted octanol–water partition coefficient (Wildman–Crippen LogP) is 4.37. The molecule has 0 aliphatic carbocycles. The summed E-state index contributed by atoms with van der Waals surface area (Å²) in [6, 6.07) is 18.0. The van der Waals surface area contributed by atoms with Crippen molar-refractivity contribution in [1.29, 1.82) is 0 Å². The summed E-state index contributed by atoms with van der Waals surface area (Å²) in [6.45, 7) is 7.53. The molecule has 1 heterocycles. The highest BCUT2D eigenvalue weighted by molar-refractivity contribution is 5.98. The average Bonchev–Trinajstić information content (AvgIpc) is 2.80. The summed E-state index contributed by atoms with van der Waals surface area (Å²) < 4.78 is 0. The third kappa shape index (κ3) is 8.09. The van der Waals surface area contributed by atoms with E-state index in [9.17, 15) is 0 Å². The Morgan fingerprint density at radius 3 is 1.38 bits per heavy atom. The molecule has 0 radical (unpaired) electrons. The molecule has 0 aliphatic rings. The number of aliphatic imine (C=N–C) groups is 2. The van der Waals surface area contributed by atoms with Gasteiger partial charge >= 0.3 is 0 Å². The summed E-state index contributed by atoms with van der Waals surface area (Å²) in [5, 5.41) is 0. The van der Waals surface area contributed by atoms with Crippen molar-refractivity contribution in [1.82, 2.24) is 9.97 Å². The Balaban J connectivity index is 0.00000363. The summed E-state index contributed by atoms with van der Waals surface area (Å²) >= 11 is 0. The van der Waals surface area contributed by atoms with Crippen LogP contribution in [0.25, 0.3) is 22.5 Å². The maximum Gasteiger partial charge on any atom is 0.126 e. The number of amidine groups is 2. The van der Waals surface area contributed by atoms with Crippen molar-refractivity contribution in [3.05, 3.63) is 71.5 Å². The predicted molar refractivity (Wildman–Crippen MR) is 148 cm³/mol. The Labute approximate surface area is 214 Å². The van der Waals surface area contributed by atoms with Gasteiger partial charge in [-0.1, -0.05) is 62.4 Å². The summed E-state index contributed by atoms with van der Waals surface area (Å²) in [6.07, 6.45) is 1.95. The zero-order valence-corrected chi connectivity index (χ0v) is 21.4. The second kappa shape index (κ2) is 15.0. The van der Waals surface area contributed by atoms with Crippen LogP contribution in [0.1, 0.15) is 43.6 Å². The normalized spacial score (nSPS) is 11.1. The zero-order valence-electron chi connectivity index (χ0n) is 19.8.